The fraction of sp³-hybridized carbons (Fsp3) is 0.250. The van der Waals surface area contributed by atoms with E-state index in [9.17, 15) is 4.79 Å². The Hall–Kier alpha value is -2.71. The van der Waals surface area contributed by atoms with Gasteiger partial charge >= 0.3 is 0 Å². The summed E-state index contributed by atoms with van der Waals surface area (Å²) in [6.07, 6.45) is 2.98. The van der Waals surface area contributed by atoms with Crippen molar-refractivity contribution in [2.24, 2.45) is 0 Å². The number of halogens is 1. The van der Waals surface area contributed by atoms with E-state index < -0.39 is 0 Å². The number of carbonyl (C=O) groups is 1. The Morgan fingerprint density at radius 3 is 2.92 bits per heavy atom. The first kappa shape index (κ1) is 17.1. The van der Waals surface area contributed by atoms with Gasteiger partial charge in [0.1, 0.15) is 18.4 Å². The van der Waals surface area contributed by atoms with E-state index in [0.717, 1.165) is 11.5 Å². The molecule has 2 heterocycles. The van der Waals surface area contributed by atoms with Crippen LogP contribution in [0.4, 0.5) is 5.69 Å². The van der Waals surface area contributed by atoms with E-state index in [-0.39, 0.29) is 12.5 Å². The maximum Gasteiger partial charge on any atom is 0.238 e. The molecule has 0 fully saturated rings. The number of aryl methyl sites for hydroxylation is 1. The Kier molecular flexibility index (Phi) is 5.11. The first-order chi connectivity index (χ1) is 12.0. The Balaban J connectivity index is 1.67. The number of carbonyl (C=O) groups excluding carboxylic acids is 1. The van der Waals surface area contributed by atoms with Gasteiger partial charge in [-0.25, -0.2) is 9.67 Å². The molecule has 0 aliphatic rings. The summed E-state index contributed by atoms with van der Waals surface area (Å²) in [6, 6.07) is 7.02. The maximum absolute atomic E-state index is 12.4. The zero-order chi connectivity index (χ0) is 17.8. The largest absolute Gasteiger partial charge is 0.361 e. The lowest BCUT2D eigenvalue weighted by molar-refractivity contribution is -0.117. The third-order valence-electron chi connectivity index (χ3n) is 3.42. The standard InChI is InChI=1S/C16H17ClN6O2/c1-11-5-13(21-25-11)7-22(2)8-16(24)20-14-6-12(17)3-4-15(14)23-10-18-9-19-23/h3-6,9-10H,7-8H2,1-2H3,(H,20,24). The van der Waals surface area contributed by atoms with E-state index in [1.54, 1.807) is 29.2 Å². The quantitative estimate of drug-likeness (QED) is 0.725. The normalized spacial score (nSPS) is 11.0. The predicted molar refractivity (Wildman–Crippen MR) is 92.6 cm³/mol. The molecule has 1 aromatic carbocycles. The van der Waals surface area contributed by atoms with Crippen LogP contribution in [0.5, 0.6) is 0 Å². The van der Waals surface area contributed by atoms with Crippen LogP contribution >= 0.6 is 11.6 Å². The molecule has 130 valence electrons. The van der Waals surface area contributed by atoms with Gasteiger partial charge in [0.2, 0.25) is 5.91 Å². The third-order valence-corrected chi connectivity index (χ3v) is 3.66. The summed E-state index contributed by atoms with van der Waals surface area (Å²) in [5, 5.41) is 11.4. The molecule has 0 saturated carbocycles. The van der Waals surface area contributed by atoms with Crippen molar-refractivity contribution in [2.75, 3.05) is 18.9 Å². The highest BCUT2D eigenvalue weighted by Crippen LogP contribution is 2.23. The third kappa shape index (κ3) is 4.43. The van der Waals surface area contributed by atoms with Crippen molar-refractivity contribution >= 4 is 23.2 Å². The van der Waals surface area contributed by atoms with Crippen LogP contribution in [0.3, 0.4) is 0 Å². The van der Waals surface area contributed by atoms with Crippen LogP contribution in [-0.2, 0) is 11.3 Å². The van der Waals surface area contributed by atoms with Crippen LogP contribution in [-0.4, -0.2) is 44.3 Å². The SMILES string of the molecule is Cc1cc(CN(C)CC(=O)Nc2cc(Cl)ccc2-n2cncn2)no1. The molecule has 0 atom stereocenters. The lowest BCUT2D eigenvalue weighted by Crippen LogP contribution is -2.30. The maximum atomic E-state index is 12.4. The number of nitrogens with one attached hydrogen (secondary N) is 1. The summed E-state index contributed by atoms with van der Waals surface area (Å²) in [5.74, 6) is 0.565. The minimum absolute atomic E-state index is 0.175. The minimum Gasteiger partial charge on any atom is -0.361 e. The Bertz CT molecular complexity index is 861. The van der Waals surface area contributed by atoms with E-state index in [2.05, 4.69) is 20.6 Å². The lowest BCUT2D eigenvalue weighted by atomic mass is 10.2. The number of nitrogens with zero attached hydrogens (tertiary/aromatic N) is 5. The molecule has 3 aromatic rings. The van der Waals surface area contributed by atoms with Crippen molar-refractivity contribution < 1.29 is 9.32 Å². The molecule has 2 aromatic heterocycles. The van der Waals surface area contributed by atoms with Crippen LogP contribution in [0.1, 0.15) is 11.5 Å². The van der Waals surface area contributed by atoms with Crippen molar-refractivity contribution in [3.63, 3.8) is 0 Å². The number of rotatable bonds is 6. The highest BCUT2D eigenvalue weighted by molar-refractivity contribution is 6.31. The zero-order valence-electron chi connectivity index (χ0n) is 13.8. The molecule has 0 aliphatic carbocycles. The van der Waals surface area contributed by atoms with E-state index in [0.29, 0.717) is 22.9 Å². The number of benzene rings is 1. The fourth-order valence-corrected chi connectivity index (χ4v) is 2.57. The van der Waals surface area contributed by atoms with Crippen molar-refractivity contribution in [2.45, 2.75) is 13.5 Å². The van der Waals surface area contributed by atoms with Gasteiger partial charge in [-0.05, 0) is 32.2 Å². The topological polar surface area (TPSA) is 89.1 Å². The summed E-state index contributed by atoms with van der Waals surface area (Å²) in [7, 11) is 1.83. The number of aromatic nitrogens is 4. The van der Waals surface area contributed by atoms with Crippen LogP contribution < -0.4 is 5.32 Å². The molecule has 0 unspecified atom stereocenters. The molecule has 3 rings (SSSR count). The first-order valence-corrected chi connectivity index (χ1v) is 7.94. The van der Waals surface area contributed by atoms with Gasteiger partial charge in [-0.15, -0.1) is 0 Å². The molecule has 1 N–H and O–H groups in total. The summed E-state index contributed by atoms with van der Waals surface area (Å²) in [6.45, 7) is 2.53. The van der Waals surface area contributed by atoms with Crippen LogP contribution in [0, 0.1) is 6.92 Å². The molecule has 0 radical (unpaired) electrons. The fourth-order valence-electron chi connectivity index (χ4n) is 2.40. The second-order valence-electron chi connectivity index (χ2n) is 5.65. The molecule has 0 aliphatic heterocycles. The molecule has 8 nitrogen and oxygen atoms in total. The molecule has 1 amide bonds. The Morgan fingerprint density at radius 1 is 1.40 bits per heavy atom. The number of amides is 1. The van der Waals surface area contributed by atoms with Gasteiger partial charge in [-0.3, -0.25) is 9.69 Å². The first-order valence-electron chi connectivity index (χ1n) is 7.56. The smallest absolute Gasteiger partial charge is 0.238 e. The van der Waals surface area contributed by atoms with E-state index in [1.165, 1.54) is 6.33 Å². The Morgan fingerprint density at radius 2 is 2.24 bits per heavy atom. The van der Waals surface area contributed by atoms with E-state index in [4.69, 9.17) is 16.1 Å². The zero-order valence-corrected chi connectivity index (χ0v) is 14.6. The van der Waals surface area contributed by atoms with Gasteiger partial charge in [-0.1, -0.05) is 16.8 Å². The van der Waals surface area contributed by atoms with E-state index >= 15 is 0 Å². The minimum atomic E-state index is -0.175. The molecular weight excluding hydrogens is 344 g/mol. The van der Waals surface area contributed by atoms with Gasteiger partial charge < -0.3 is 9.84 Å². The van der Waals surface area contributed by atoms with Crippen LogP contribution in [0.25, 0.3) is 5.69 Å². The van der Waals surface area contributed by atoms with Gasteiger partial charge in [-0.2, -0.15) is 5.10 Å². The molecule has 0 spiro atoms. The van der Waals surface area contributed by atoms with Crippen molar-refractivity contribution in [3.05, 3.63) is 53.4 Å². The molecule has 0 bridgehead atoms. The number of anilines is 1. The molecule has 9 heteroatoms. The van der Waals surface area contributed by atoms with Crippen LogP contribution in [0.2, 0.25) is 5.02 Å². The monoisotopic (exact) mass is 360 g/mol. The predicted octanol–water partition coefficient (Wildman–Crippen LogP) is 2.29. The van der Waals surface area contributed by atoms with Gasteiger partial charge in [0, 0.05) is 17.6 Å². The van der Waals surface area contributed by atoms with Gasteiger partial charge in [0.05, 0.1) is 23.6 Å². The second kappa shape index (κ2) is 7.45. The molecule has 0 saturated heterocycles. The number of hydrogen-bond donors (Lipinski definition) is 1. The van der Waals surface area contributed by atoms with Gasteiger partial charge in [0.15, 0.2) is 0 Å². The summed E-state index contributed by atoms with van der Waals surface area (Å²) >= 11 is 6.05. The number of hydrogen-bond acceptors (Lipinski definition) is 6. The van der Waals surface area contributed by atoms with Crippen LogP contribution in [0.15, 0.2) is 41.4 Å². The average molecular weight is 361 g/mol. The van der Waals surface area contributed by atoms with E-state index in [1.807, 2.05) is 24.9 Å². The number of likely N-dealkylation sites (N-methyl/N-ethyl adjacent to an activating group) is 1. The van der Waals surface area contributed by atoms with Gasteiger partial charge in [0.25, 0.3) is 0 Å². The Labute approximate surface area is 149 Å². The highest BCUT2D eigenvalue weighted by atomic mass is 35.5. The molecule has 25 heavy (non-hydrogen) atoms. The van der Waals surface area contributed by atoms with Crippen molar-refractivity contribution in [3.8, 4) is 5.69 Å². The lowest BCUT2D eigenvalue weighted by Gasteiger charge is -2.16. The highest BCUT2D eigenvalue weighted by Gasteiger charge is 2.13. The van der Waals surface area contributed by atoms with Crippen molar-refractivity contribution in [1.29, 1.82) is 0 Å². The summed E-state index contributed by atoms with van der Waals surface area (Å²) in [5.41, 5.74) is 2.03. The van der Waals surface area contributed by atoms with Crippen molar-refractivity contribution in [1.82, 2.24) is 24.8 Å². The summed E-state index contributed by atoms with van der Waals surface area (Å²) in [4.78, 5) is 18.1. The summed E-state index contributed by atoms with van der Waals surface area (Å²) < 4.78 is 6.59. The molecular formula is C16H17ClN6O2. The average Bonchev–Trinajstić information content (AvgIpc) is 3.19. The second-order valence-corrected chi connectivity index (χ2v) is 6.09.